The average Bonchev–Trinajstić information content (AvgIpc) is 2.82. The number of amides is 2. The lowest BCUT2D eigenvalue weighted by molar-refractivity contribution is -0.119. The van der Waals surface area contributed by atoms with Gasteiger partial charge in [-0.05, 0) is 55.3 Å². The number of methoxy groups -OCH3 is 1. The van der Waals surface area contributed by atoms with Crippen LogP contribution in [0.4, 0.5) is 5.69 Å². The number of carbonyl (C=O) groups excluding carboxylic acids is 2. The molecule has 3 rings (SSSR count). The van der Waals surface area contributed by atoms with Crippen molar-refractivity contribution in [2.75, 3.05) is 12.4 Å². The van der Waals surface area contributed by atoms with Crippen molar-refractivity contribution in [1.82, 2.24) is 5.32 Å². The van der Waals surface area contributed by atoms with Crippen molar-refractivity contribution in [3.63, 3.8) is 0 Å². The molecule has 5 heteroatoms. The SMILES string of the molecule is COc1ccc(CNC(=O)c2ccc3c(c2)C(C)(C)C(=O)N3)cc1. The van der Waals surface area contributed by atoms with Gasteiger partial charge in [-0.25, -0.2) is 0 Å². The fraction of sp³-hybridized carbons (Fsp3) is 0.263. The quantitative estimate of drug-likeness (QED) is 0.909. The first-order chi connectivity index (χ1) is 11.4. The maximum absolute atomic E-state index is 12.4. The predicted molar refractivity (Wildman–Crippen MR) is 92.3 cm³/mol. The molecule has 0 unspecified atom stereocenters. The molecule has 0 saturated heterocycles. The van der Waals surface area contributed by atoms with Crippen LogP contribution in [0.2, 0.25) is 0 Å². The van der Waals surface area contributed by atoms with Gasteiger partial charge in [-0.15, -0.1) is 0 Å². The number of fused-ring (bicyclic) bond motifs is 1. The summed E-state index contributed by atoms with van der Waals surface area (Å²) in [6, 6.07) is 12.8. The first-order valence-corrected chi connectivity index (χ1v) is 7.79. The number of hydrogen-bond acceptors (Lipinski definition) is 3. The fourth-order valence-corrected chi connectivity index (χ4v) is 2.74. The first-order valence-electron chi connectivity index (χ1n) is 7.79. The molecule has 2 N–H and O–H groups in total. The van der Waals surface area contributed by atoms with Gasteiger partial charge in [0, 0.05) is 17.8 Å². The zero-order chi connectivity index (χ0) is 17.3. The van der Waals surface area contributed by atoms with Crippen LogP contribution in [-0.2, 0) is 16.8 Å². The standard InChI is InChI=1S/C19H20N2O3/c1-19(2)15-10-13(6-9-16(15)21-18(19)23)17(22)20-11-12-4-7-14(24-3)8-5-12/h4-10H,11H2,1-3H3,(H,20,22)(H,21,23). The molecule has 2 aromatic carbocycles. The molecule has 5 nitrogen and oxygen atoms in total. The van der Waals surface area contributed by atoms with E-state index in [1.165, 1.54) is 0 Å². The molecule has 0 atom stereocenters. The third kappa shape index (κ3) is 2.85. The Hall–Kier alpha value is -2.82. The highest BCUT2D eigenvalue weighted by Crippen LogP contribution is 2.37. The number of benzene rings is 2. The van der Waals surface area contributed by atoms with Crippen molar-refractivity contribution in [3.05, 3.63) is 59.2 Å². The summed E-state index contributed by atoms with van der Waals surface area (Å²) in [4.78, 5) is 24.4. The van der Waals surface area contributed by atoms with Gasteiger partial charge >= 0.3 is 0 Å². The molecule has 0 radical (unpaired) electrons. The van der Waals surface area contributed by atoms with Crippen LogP contribution in [0.15, 0.2) is 42.5 Å². The van der Waals surface area contributed by atoms with E-state index in [4.69, 9.17) is 4.74 Å². The van der Waals surface area contributed by atoms with Crippen molar-refractivity contribution in [3.8, 4) is 5.75 Å². The summed E-state index contributed by atoms with van der Waals surface area (Å²) in [6.45, 7) is 4.14. The lowest BCUT2D eigenvalue weighted by atomic mass is 9.85. The van der Waals surface area contributed by atoms with E-state index in [-0.39, 0.29) is 11.8 Å². The summed E-state index contributed by atoms with van der Waals surface area (Å²) in [5, 5.41) is 5.74. The van der Waals surface area contributed by atoms with E-state index in [1.54, 1.807) is 25.3 Å². The van der Waals surface area contributed by atoms with Gasteiger partial charge in [0.15, 0.2) is 0 Å². The highest BCUT2D eigenvalue weighted by Gasteiger charge is 2.38. The molecule has 0 fully saturated rings. The molecule has 2 aromatic rings. The van der Waals surface area contributed by atoms with E-state index in [9.17, 15) is 9.59 Å². The van der Waals surface area contributed by atoms with Crippen molar-refractivity contribution < 1.29 is 14.3 Å². The van der Waals surface area contributed by atoms with Crippen LogP contribution in [0.1, 0.15) is 35.3 Å². The summed E-state index contributed by atoms with van der Waals surface area (Å²) >= 11 is 0. The summed E-state index contributed by atoms with van der Waals surface area (Å²) < 4.78 is 5.11. The Kier molecular flexibility index (Phi) is 4.01. The maximum atomic E-state index is 12.4. The number of ether oxygens (including phenoxy) is 1. The first kappa shape index (κ1) is 16.1. The molecule has 0 aromatic heterocycles. The second-order valence-electron chi connectivity index (χ2n) is 6.37. The molecule has 2 amide bonds. The minimum atomic E-state index is -0.623. The molecule has 24 heavy (non-hydrogen) atoms. The molecule has 1 aliphatic rings. The Morgan fingerprint density at radius 3 is 2.54 bits per heavy atom. The van der Waals surface area contributed by atoms with Gasteiger partial charge in [0.25, 0.3) is 5.91 Å². The highest BCUT2D eigenvalue weighted by molar-refractivity contribution is 6.07. The van der Waals surface area contributed by atoms with E-state index in [0.29, 0.717) is 12.1 Å². The zero-order valence-electron chi connectivity index (χ0n) is 14.0. The van der Waals surface area contributed by atoms with Crippen LogP contribution >= 0.6 is 0 Å². The van der Waals surface area contributed by atoms with Gasteiger partial charge in [-0.3, -0.25) is 9.59 Å². The minimum absolute atomic E-state index is 0.0479. The second-order valence-corrected chi connectivity index (χ2v) is 6.37. The minimum Gasteiger partial charge on any atom is -0.497 e. The van der Waals surface area contributed by atoms with Crippen molar-refractivity contribution in [1.29, 1.82) is 0 Å². The van der Waals surface area contributed by atoms with Crippen molar-refractivity contribution >= 4 is 17.5 Å². The van der Waals surface area contributed by atoms with E-state index in [2.05, 4.69) is 10.6 Å². The highest BCUT2D eigenvalue weighted by atomic mass is 16.5. The number of rotatable bonds is 4. The van der Waals surface area contributed by atoms with Gasteiger partial charge in [0.2, 0.25) is 5.91 Å². The Bertz CT molecular complexity index is 795. The topological polar surface area (TPSA) is 67.4 Å². The van der Waals surface area contributed by atoms with Gasteiger partial charge in [0.1, 0.15) is 5.75 Å². The summed E-state index contributed by atoms with van der Waals surface area (Å²) in [5.41, 5.74) is 2.54. The molecule has 124 valence electrons. The summed E-state index contributed by atoms with van der Waals surface area (Å²) in [6.07, 6.45) is 0. The number of nitrogens with one attached hydrogen (secondary N) is 2. The molecular formula is C19H20N2O3. The summed E-state index contributed by atoms with van der Waals surface area (Å²) in [7, 11) is 1.62. The summed E-state index contributed by atoms with van der Waals surface area (Å²) in [5.74, 6) is 0.570. The monoisotopic (exact) mass is 324 g/mol. The molecular weight excluding hydrogens is 304 g/mol. The Labute approximate surface area is 141 Å². The normalized spacial score (nSPS) is 14.7. The lowest BCUT2D eigenvalue weighted by Crippen LogP contribution is -2.27. The number of hydrogen-bond donors (Lipinski definition) is 2. The Morgan fingerprint density at radius 2 is 1.88 bits per heavy atom. The lowest BCUT2D eigenvalue weighted by Gasteiger charge is -2.15. The molecule has 0 saturated carbocycles. The molecule has 1 heterocycles. The number of anilines is 1. The van der Waals surface area contributed by atoms with Crippen molar-refractivity contribution in [2.24, 2.45) is 0 Å². The van der Waals surface area contributed by atoms with E-state index in [1.807, 2.05) is 38.1 Å². The maximum Gasteiger partial charge on any atom is 0.251 e. The van der Waals surface area contributed by atoms with Crippen LogP contribution in [0.25, 0.3) is 0 Å². The number of carbonyl (C=O) groups is 2. The van der Waals surface area contributed by atoms with E-state index >= 15 is 0 Å². The second kappa shape index (κ2) is 6.00. The molecule has 0 bridgehead atoms. The van der Waals surface area contributed by atoms with E-state index in [0.717, 1.165) is 22.6 Å². The fourth-order valence-electron chi connectivity index (χ4n) is 2.74. The zero-order valence-corrected chi connectivity index (χ0v) is 14.0. The smallest absolute Gasteiger partial charge is 0.251 e. The molecule has 0 spiro atoms. The van der Waals surface area contributed by atoms with Crippen LogP contribution < -0.4 is 15.4 Å². The molecule has 0 aliphatic carbocycles. The van der Waals surface area contributed by atoms with Gasteiger partial charge in [0.05, 0.1) is 12.5 Å². The van der Waals surface area contributed by atoms with Gasteiger partial charge in [-0.1, -0.05) is 12.1 Å². The Morgan fingerprint density at radius 1 is 1.17 bits per heavy atom. The van der Waals surface area contributed by atoms with Crippen LogP contribution in [0.3, 0.4) is 0 Å². The average molecular weight is 324 g/mol. The van der Waals surface area contributed by atoms with Gasteiger partial charge in [-0.2, -0.15) is 0 Å². The predicted octanol–water partition coefficient (Wildman–Crippen LogP) is 2.85. The van der Waals surface area contributed by atoms with Crippen LogP contribution in [0.5, 0.6) is 5.75 Å². The molecule has 1 aliphatic heterocycles. The largest absolute Gasteiger partial charge is 0.497 e. The van der Waals surface area contributed by atoms with Gasteiger partial charge < -0.3 is 15.4 Å². The van der Waals surface area contributed by atoms with E-state index < -0.39 is 5.41 Å². The van der Waals surface area contributed by atoms with Crippen LogP contribution in [-0.4, -0.2) is 18.9 Å². The third-order valence-corrected chi connectivity index (χ3v) is 4.38. The Balaban J connectivity index is 1.72. The van der Waals surface area contributed by atoms with Crippen molar-refractivity contribution in [2.45, 2.75) is 25.8 Å². The van der Waals surface area contributed by atoms with Crippen LogP contribution in [0, 0.1) is 0 Å². The third-order valence-electron chi connectivity index (χ3n) is 4.38.